The number of terminal acetylenes is 1. The summed E-state index contributed by atoms with van der Waals surface area (Å²) in [7, 11) is 2.15. The van der Waals surface area contributed by atoms with Gasteiger partial charge in [0.15, 0.2) is 0 Å². The molecule has 0 unspecified atom stereocenters. The zero-order valence-electron chi connectivity index (χ0n) is 9.11. The summed E-state index contributed by atoms with van der Waals surface area (Å²) in [5, 5.41) is 0. The summed E-state index contributed by atoms with van der Waals surface area (Å²) in [5.41, 5.74) is 2.66. The molecule has 0 saturated carbocycles. The van der Waals surface area contributed by atoms with Crippen molar-refractivity contribution in [2.45, 2.75) is 6.54 Å². The molecule has 0 bridgehead atoms. The molecule has 1 aliphatic rings. The van der Waals surface area contributed by atoms with E-state index in [-0.39, 0.29) is 0 Å². The molecule has 1 aromatic rings. The first-order valence-corrected chi connectivity index (χ1v) is 5.26. The van der Waals surface area contributed by atoms with Gasteiger partial charge in [-0.3, -0.25) is 0 Å². The van der Waals surface area contributed by atoms with Gasteiger partial charge in [0, 0.05) is 25.3 Å². The Bertz CT molecular complexity index is 378. The fourth-order valence-corrected chi connectivity index (χ4v) is 2.01. The van der Waals surface area contributed by atoms with Gasteiger partial charge in [0.1, 0.15) is 0 Å². The Kier molecular flexibility index (Phi) is 2.94. The van der Waals surface area contributed by atoms with Gasteiger partial charge in [0.05, 0.1) is 6.54 Å². The topological polar surface area (TPSA) is 6.48 Å². The highest BCUT2D eigenvalue weighted by atomic mass is 15.2. The van der Waals surface area contributed by atoms with E-state index in [1.54, 1.807) is 0 Å². The monoisotopic (exact) mass is 200 g/mol. The molecule has 0 spiro atoms. The van der Waals surface area contributed by atoms with E-state index in [1.165, 1.54) is 11.3 Å². The molecule has 0 fully saturated rings. The van der Waals surface area contributed by atoms with Gasteiger partial charge in [0.25, 0.3) is 0 Å². The van der Waals surface area contributed by atoms with Crippen LogP contribution in [0.15, 0.2) is 24.3 Å². The summed E-state index contributed by atoms with van der Waals surface area (Å²) in [6.07, 6.45) is 5.40. The number of hydrogen-bond acceptors (Lipinski definition) is 2. The average Bonchev–Trinajstić information content (AvgIpc) is 2.39. The largest absolute Gasteiger partial charge is 0.359 e. The van der Waals surface area contributed by atoms with Gasteiger partial charge >= 0.3 is 0 Å². The standard InChI is InChI=1S/C13H16N2/c1-3-8-15-10-9-14(2)11-12-6-4-5-7-13(12)15/h1,4-7H,8-11H2,2H3. The Hall–Kier alpha value is -1.46. The normalized spacial score (nSPS) is 16.7. The van der Waals surface area contributed by atoms with Gasteiger partial charge < -0.3 is 9.80 Å². The number of benzene rings is 1. The van der Waals surface area contributed by atoms with Crippen molar-refractivity contribution in [1.82, 2.24) is 4.90 Å². The minimum Gasteiger partial charge on any atom is -0.359 e. The lowest BCUT2D eigenvalue weighted by atomic mass is 10.1. The third-order valence-electron chi connectivity index (χ3n) is 2.81. The average molecular weight is 200 g/mol. The number of nitrogens with zero attached hydrogens (tertiary/aromatic N) is 2. The predicted molar refractivity (Wildman–Crippen MR) is 63.8 cm³/mol. The van der Waals surface area contributed by atoms with Crippen LogP contribution in [0.3, 0.4) is 0 Å². The number of rotatable bonds is 1. The number of hydrogen-bond donors (Lipinski definition) is 0. The summed E-state index contributed by atoms with van der Waals surface area (Å²) >= 11 is 0. The maximum absolute atomic E-state index is 5.40. The first-order chi connectivity index (χ1) is 7.31. The molecular weight excluding hydrogens is 184 g/mol. The van der Waals surface area contributed by atoms with Crippen molar-refractivity contribution in [2.24, 2.45) is 0 Å². The van der Waals surface area contributed by atoms with E-state index in [0.29, 0.717) is 6.54 Å². The Balaban J connectivity index is 2.34. The second kappa shape index (κ2) is 4.37. The van der Waals surface area contributed by atoms with Crippen LogP contribution in [0.1, 0.15) is 5.56 Å². The van der Waals surface area contributed by atoms with Crippen molar-refractivity contribution in [3.63, 3.8) is 0 Å². The van der Waals surface area contributed by atoms with Gasteiger partial charge in [-0.1, -0.05) is 24.1 Å². The van der Waals surface area contributed by atoms with Crippen molar-refractivity contribution in [3.8, 4) is 12.3 Å². The smallest absolute Gasteiger partial charge is 0.0792 e. The highest BCUT2D eigenvalue weighted by Crippen LogP contribution is 2.23. The van der Waals surface area contributed by atoms with Crippen molar-refractivity contribution >= 4 is 5.69 Å². The third-order valence-corrected chi connectivity index (χ3v) is 2.81. The lowest BCUT2D eigenvalue weighted by molar-refractivity contribution is 0.342. The summed E-state index contributed by atoms with van der Waals surface area (Å²) < 4.78 is 0. The van der Waals surface area contributed by atoms with E-state index < -0.39 is 0 Å². The molecule has 0 saturated heterocycles. The second-order valence-electron chi connectivity index (χ2n) is 3.99. The van der Waals surface area contributed by atoms with Gasteiger partial charge in [-0.05, 0) is 18.7 Å². The number of anilines is 1. The van der Waals surface area contributed by atoms with Crippen LogP contribution in [0.25, 0.3) is 0 Å². The summed E-state index contributed by atoms with van der Waals surface area (Å²) in [6.45, 7) is 3.79. The van der Waals surface area contributed by atoms with Crippen LogP contribution < -0.4 is 4.90 Å². The molecule has 0 aromatic heterocycles. The number of para-hydroxylation sites is 1. The molecule has 0 amide bonds. The quantitative estimate of drug-likeness (QED) is 0.635. The Morgan fingerprint density at radius 2 is 2.13 bits per heavy atom. The molecule has 78 valence electrons. The zero-order chi connectivity index (χ0) is 10.7. The first-order valence-electron chi connectivity index (χ1n) is 5.26. The molecule has 1 aliphatic heterocycles. The van der Waals surface area contributed by atoms with E-state index in [1.807, 2.05) is 0 Å². The molecular formula is C13H16N2. The van der Waals surface area contributed by atoms with Crippen LogP contribution in [0.4, 0.5) is 5.69 Å². The lowest BCUT2D eigenvalue weighted by Gasteiger charge is -2.21. The SMILES string of the molecule is C#CCN1CCN(C)Cc2ccccc21. The molecule has 2 nitrogen and oxygen atoms in total. The highest BCUT2D eigenvalue weighted by Gasteiger charge is 2.15. The van der Waals surface area contributed by atoms with Crippen LogP contribution in [0, 0.1) is 12.3 Å². The van der Waals surface area contributed by atoms with E-state index >= 15 is 0 Å². The third kappa shape index (κ3) is 2.14. The minimum absolute atomic E-state index is 0.699. The summed E-state index contributed by atoms with van der Waals surface area (Å²) in [6, 6.07) is 8.51. The molecule has 1 heterocycles. The zero-order valence-corrected chi connectivity index (χ0v) is 9.11. The summed E-state index contributed by atoms with van der Waals surface area (Å²) in [4.78, 5) is 4.61. The molecule has 1 aromatic carbocycles. The van der Waals surface area contributed by atoms with Gasteiger partial charge in [-0.2, -0.15) is 0 Å². The second-order valence-corrected chi connectivity index (χ2v) is 3.99. The number of fused-ring (bicyclic) bond motifs is 1. The Labute approximate surface area is 91.5 Å². The van der Waals surface area contributed by atoms with Crippen molar-refractivity contribution in [3.05, 3.63) is 29.8 Å². The fraction of sp³-hybridized carbons (Fsp3) is 0.385. The van der Waals surface area contributed by atoms with Crippen molar-refractivity contribution in [1.29, 1.82) is 0 Å². The molecule has 2 heteroatoms. The van der Waals surface area contributed by atoms with Crippen molar-refractivity contribution in [2.75, 3.05) is 31.6 Å². The molecule has 0 atom stereocenters. The van der Waals surface area contributed by atoms with E-state index in [2.05, 4.69) is 47.0 Å². The van der Waals surface area contributed by atoms with Crippen LogP contribution >= 0.6 is 0 Å². The molecule has 0 N–H and O–H groups in total. The van der Waals surface area contributed by atoms with E-state index in [0.717, 1.165) is 19.6 Å². The maximum atomic E-state index is 5.40. The molecule has 2 rings (SSSR count). The van der Waals surface area contributed by atoms with Crippen LogP contribution in [-0.4, -0.2) is 31.6 Å². The lowest BCUT2D eigenvalue weighted by Crippen LogP contribution is -2.29. The van der Waals surface area contributed by atoms with Crippen LogP contribution in [0.5, 0.6) is 0 Å². The first kappa shape index (κ1) is 10.1. The molecule has 0 aliphatic carbocycles. The molecule has 15 heavy (non-hydrogen) atoms. The maximum Gasteiger partial charge on any atom is 0.0792 e. The Morgan fingerprint density at radius 3 is 2.93 bits per heavy atom. The molecule has 0 radical (unpaired) electrons. The summed E-state index contributed by atoms with van der Waals surface area (Å²) in [5.74, 6) is 2.73. The predicted octanol–water partition coefficient (Wildman–Crippen LogP) is 1.57. The van der Waals surface area contributed by atoms with Gasteiger partial charge in [0.2, 0.25) is 0 Å². The number of likely N-dealkylation sites (N-methyl/N-ethyl adjacent to an activating group) is 1. The van der Waals surface area contributed by atoms with Crippen LogP contribution in [0.2, 0.25) is 0 Å². The van der Waals surface area contributed by atoms with Gasteiger partial charge in [-0.15, -0.1) is 6.42 Å². The van der Waals surface area contributed by atoms with E-state index in [9.17, 15) is 0 Å². The van der Waals surface area contributed by atoms with Crippen molar-refractivity contribution < 1.29 is 0 Å². The highest BCUT2D eigenvalue weighted by molar-refractivity contribution is 5.55. The van der Waals surface area contributed by atoms with Gasteiger partial charge in [-0.25, -0.2) is 0 Å². The fourth-order valence-electron chi connectivity index (χ4n) is 2.01. The Morgan fingerprint density at radius 1 is 1.33 bits per heavy atom. The van der Waals surface area contributed by atoms with Crippen LogP contribution in [-0.2, 0) is 6.54 Å². The van der Waals surface area contributed by atoms with E-state index in [4.69, 9.17) is 6.42 Å². The minimum atomic E-state index is 0.699.